The molecule has 4 aromatic carbocycles. The summed E-state index contributed by atoms with van der Waals surface area (Å²) >= 11 is 0. The van der Waals surface area contributed by atoms with Crippen molar-refractivity contribution in [3.8, 4) is 0 Å². The van der Waals surface area contributed by atoms with Gasteiger partial charge in [0.1, 0.15) is 0 Å². The SMILES string of the molecule is Cc1cc(C)c(C(=C=C=C=C=C=C=C=C(c2c(C)cc(C)cc2C)c2c(C)cc(C)cc2C)c2c(C)cc(C)cc2C)c(C)c1. The Morgan fingerprint density at radius 2 is 0.467 bits per heavy atom. The number of hydrogen-bond acceptors (Lipinski definition) is 0. The molecule has 0 saturated heterocycles. The molecule has 0 N–H and O–H groups in total. The van der Waals surface area contributed by atoms with E-state index in [4.69, 9.17) is 0 Å². The summed E-state index contributed by atoms with van der Waals surface area (Å²) in [6, 6.07) is 17.8. The van der Waals surface area contributed by atoms with E-state index in [2.05, 4.69) is 172 Å². The van der Waals surface area contributed by atoms with Crippen LogP contribution in [-0.4, -0.2) is 0 Å². The summed E-state index contributed by atoms with van der Waals surface area (Å²) in [4.78, 5) is 0. The first kappa shape index (κ1) is 33.0. The molecule has 0 radical (unpaired) electrons. The van der Waals surface area contributed by atoms with Gasteiger partial charge in [-0.15, -0.1) is 0 Å². The first-order valence-electron chi connectivity index (χ1n) is 15.6. The molecule has 0 aliphatic heterocycles. The van der Waals surface area contributed by atoms with Gasteiger partial charge in [-0.05, 0) is 179 Å². The quantitative estimate of drug-likeness (QED) is 0.209. The normalized spacial score (nSPS) is 10.0. The zero-order valence-electron chi connectivity index (χ0n) is 29.1. The molecule has 0 atom stereocenters. The molecule has 0 spiro atoms. The van der Waals surface area contributed by atoms with Crippen molar-refractivity contribution >= 4 is 11.1 Å². The minimum Gasteiger partial charge on any atom is -0.0557 e. The molecule has 0 heteroatoms. The van der Waals surface area contributed by atoms with Gasteiger partial charge in [0, 0.05) is 11.1 Å². The molecule has 0 aromatic heterocycles. The second-order valence-electron chi connectivity index (χ2n) is 12.7. The maximum Gasteiger partial charge on any atom is 0.0411 e. The second-order valence-corrected chi connectivity index (χ2v) is 12.7. The van der Waals surface area contributed by atoms with E-state index in [1.54, 1.807) is 0 Å². The maximum absolute atomic E-state index is 3.45. The number of rotatable bonds is 4. The van der Waals surface area contributed by atoms with Crippen LogP contribution in [0.2, 0.25) is 0 Å². The Morgan fingerprint density at radius 3 is 0.667 bits per heavy atom. The smallest absolute Gasteiger partial charge is 0.0411 e. The molecule has 45 heavy (non-hydrogen) atoms. The van der Waals surface area contributed by atoms with E-state index in [1.165, 1.54) is 89.0 Å². The van der Waals surface area contributed by atoms with Crippen molar-refractivity contribution in [2.24, 2.45) is 0 Å². The van der Waals surface area contributed by atoms with Gasteiger partial charge in [0.25, 0.3) is 0 Å². The third-order valence-corrected chi connectivity index (χ3v) is 8.33. The Balaban J connectivity index is 2.07. The van der Waals surface area contributed by atoms with Crippen LogP contribution in [0.5, 0.6) is 0 Å². The van der Waals surface area contributed by atoms with Gasteiger partial charge in [0.15, 0.2) is 0 Å². The van der Waals surface area contributed by atoms with Crippen LogP contribution < -0.4 is 0 Å². The van der Waals surface area contributed by atoms with Gasteiger partial charge < -0.3 is 0 Å². The molecule has 0 fully saturated rings. The molecule has 0 nitrogen and oxygen atoms in total. The zero-order chi connectivity index (χ0) is 33.0. The van der Waals surface area contributed by atoms with Crippen LogP contribution in [0, 0.1) is 83.1 Å². The molecule has 0 heterocycles. The van der Waals surface area contributed by atoms with Gasteiger partial charge >= 0.3 is 0 Å². The summed E-state index contributed by atoms with van der Waals surface area (Å²) < 4.78 is 0. The van der Waals surface area contributed by atoms with E-state index >= 15 is 0 Å². The lowest BCUT2D eigenvalue weighted by Crippen LogP contribution is -2.00. The minimum absolute atomic E-state index is 1.02. The van der Waals surface area contributed by atoms with Crippen molar-refractivity contribution in [2.45, 2.75) is 83.1 Å². The van der Waals surface area contributed by atoms with Crippen molar-refractivity contribution < 1.29 is 0 Å². The van der Waals surface area contributed by atoms with E-state index in [0.717, 1.165) is 11.1 Å². The van der Waals surface area contributed by atoms with Gasteiger partial charge in [-0.2, -0.15) is 0 Å². The van der Waals surface area contributed by atoms with E-state index in [0.29, 0.717) is 0 Å². The fourth-order valence-corrected chi connectivity index (χ4v) is 7.08. The van der Waals surface area contributed by atoms with E-state index in [9.17, 15) is 0 Å². The van der Waals surface area contributed by atoms with Crippen LogP contribution in [0.4, 0.5) is 0 Å². The summed E-state index contributed by atoms with van der Waals surface area (Å²) in [5.74, 6) is 0. The largest absolute Gasteiger partial charge is 0.0557 e. The Labute approximate surface area is 271 Å². The predicted molar refractivity (Wildman–Crippen MR) is 192 cm³/mol. The maximum atomic E-state index is 3.45. The Morgan fingerprint density at radius 1 is 0.289 bits per heavy atom. The molecule has 0 unspecified atom stereocenters. The molecular formula is C45H44. The van der Waals surface area contributed by atoms with Gasteiger partial charge in [-0.3, -0.25) is 0 Å². The molecule has 0 aliphatic rings. The monoisotopic (exact) mass is 584 g/mol. The number of aryl methyl sites for hydroxylation is 12. The Bertz CT molecular complexity index is 1780. The summed E-state index contributed by atoms with van der Waals surface area (Å²) in [5, 5.41) is 0. The first-order chi connectivity index (χ1) is 21.3. The number of hydrogen-bond donors (Lipinski definition) is 0. The zero-order valence-corrected chi connectivity index (χ0v) is 29.1. The standard InChI is InChI=1S/C45H44/c1-28-20-32(5)42(33(6)21-28)40(43-34(7)22-29(2)23-35(43)8)18-16-14-13-15-17-19-41(44-36(9)24-30(3)25-37(44)10)45-38(11)26-31(4)27-39(45)12/h20-27H,1-12H3. The van der Waals surface area contributed by atoms with Gasteiger partial charge in [-0.25, -0.2) is 0 Å². The summed E-state index contributed by atoms with van der Waals surface area (Å²) in [6.07, 6.45) is 0. The third kappa shape index (κ3) is 7.42. The summed E-state index contributed by atoms with van der Waals surface area (Å²) in [7, 11) is 0. The van der Waals surface area contributed by atoms with Crippen molar-refractivity contribution in [3.05, 3.63) is 178 Å². The lowest BCUT2D eigenvalue weighted by molar-refractivity contribution is 1.25. The highest BCUT2D eigenvalue weighted by atomic mass is 14.2. The van der Waals surface area contributed by atoms with Gasteiger partial charge in [0.05, 0.1) is 0 Å². The fraction of sp³-hybridized carbons (Fsp3) is 0.267. The van der Waals surface area contributed by atoms with Crippen molar-refractivity contribution in [2.75, 3.05) is 0 Å². The molecule has 4 rings (SSSR count). The molecule has 224 valence electrons. The lowest BCUT2D eigenvalue weighted by atomic mass is 9.85. The van der Waals surface area contributed by atoms with E-state index in [1.807, 2.05) is 0 Å². The molecule has 0 saturated carbocycles. The molecular weight excluding hydrogens is 540 g/mol. The predicted octanol–water partition coefficient (Wildman–Crippen LogP) is 11.5. The van der Waals surface area contributed by atoms with Crippen LogP contribution in [0.3, 0.4) is 0 Å². The van der Waals surface area contributed by atoms with Crippen LogP contribution in [0.1, 0.15) is 89.0 Å². The summed E-state index contributed by atoms with van der Waals surface area (Å²) in [6.45, 7) is 25.9. The molecule has 0 amide bonds. The fourth-order valence-electron chi connectivity index (χ4n) is 7.08. The van der Waals surface area contributed by atoms with Crippen LogP contribution in [-0.2, 0) is 0 Å². The average Bonchev–Trinajstić information content (AvgIpc) is 2.89. The van der Waals surface area contributed by atoms with Crippen LogP contribution in [0.15, 0.2) is 88.6 Å². The second kappa shape index (κ2) is 13.8. The van der Waals surface area contributed by atoms with Crippen molar-refractivity contribution in [1.29, 1.82) is 0 Å². The topological polar surface area (TPSA) is 0 Å². The molecule has 0 bridgehead atoms. The van der Waals surface area contributed by atoms with Gasteiger partial charge in [0.2, 0.25) is 0 Å². The highest BCUT2D eigenvalue weighted by molar-refractivity contribution is 5.86. The van der Waals surface area contributed by atoms with Crippen LogP contribution in [0.25, 0.3) is 11.1 Å². The Hall–Kier alpha value is -4.92. The minimum atomic E-state index is 1.02. The van der Waals surface area contributed by atoms with Crippen molar-refractivity contribution in [3.63, 3.8) is 0 Å². The third-order valence-electron chi connectivity index (χ3n) is 8.33. The summed E-state index contributed by atoms with van der Waals surface area (Å²) in [5.41, 5.74) is 43.7. The number of benzene rings is 4. The average molecular weight is 585 g/mol. The van der Waals surface area contributed by atoms with E-state index < -0.39 is 0 Å². The van der Waals surface area contributed by atoms with Crippen molar-refractivity contribution in [1.82, 2.24) is 0 Å². The Kier molecular flexibility index (Phi) is 10.1. The van der Waals surface area contributed by atoms with Crippen LogP contribution >= 0.6 is 0 Å². The lowest BCUT2D eigenvalue weighted by Gasteiger charge is -2.18. The highest BCUT2D eigenvalue weighted by Crippen LogP contribution is 2.35. The molecule has 0 aliphatic carbocycles. The van der Waals surface area contributed by atoms with E-state index in [-0.39, 0.29) is 0 Å². The highest BCUT2D eigenvalue weighted by Gasteiger charge is 2.17. The van der Waals surface area contributed by atoms with Gasteiger partial charge in [-0.1, -0.05) is 82.2 Å². The molecule has 4 aromatic rings. The first-order valence-corrected chi connectivity index (χ1v) is 15.6.